The van der Waals surface area contributed by atoms with Gasteiger partial charge in [-0.25, -0.2) is 0 Å². The number of hydrogen-bond donors (Lipinski definition) is 1. The van der Waals surface area contributed by atoms with E-state index >= 15 is 0 Å². The van der Waals surface area contributed by atoms with Crippen molar-refractivity contribution in [2.75, 3.05) is 26.4 Å². The van der Waals surface area contributed by atoms with Gasteiger partial charge in [0.1, 0.15) is 5.75 Å². The molecule has 1 atom stereocenters. The van der Waals surface area contributed by atoms with E-state index in [-0.39, 0.29) is 0 Å². The topological polar surface area (TPSA) is 30.5 Å². The van der Waals surface area contributed by atoms with Crippen LogP contribution in [0.4, 0.5) is 0 Å². The van der Waals surface area contributed by atoms with Crippen molar-refractivity contribution < 1.29 is 9.47 Å². The van der Waals surface area contributed by atoms with Gasteiger partial charge in [0.15, 0.2) is 0 Å². The number of ether oxygens (including phenoxy) is 2. The monoisotopic (exact) mass is 291 g/mol. The summed E-state index contributed by atoms with van der Waals surface area (Å²) in [4.78, 5) is 0. The standard InChI is InChI=1S/C18H29NO2/c1-14(2)13-21-18-6-4-17(5-7-18)15(3)19-12-16-8-10-20-11-9-16/h4-7,14-16,19H,8-13H2,1-3H3. The molecule has 1 aliphatic rings. The minimum atomic E-state index is 0.381. The van der Waals surface area contributed by atoms with E-state index in [1.165, 1.54) is 18.4 Å². The average Bonchev–Trinajstić information content (AvgIpc) is 2.52. The molecule has 1 unspecified atom stereocenters. The predicted octanol–water partition coefficient (Wildman–Crippen LogP) is 3.80. The Kier molecular flexibility index (Phi) is 6.52. The Hall–Kier alpha value is -1.06. The highest BCUT2D eigenvalue weighted by atomic mass is 16.5. The molecule has 1 heterocycles. The summed E-state index contributed by atoms with van der Waals surface area (Å²) in [7, 11) is 0. The summed E-state index contributed by atoms with van der Waals surface area (Å²) in [6.45, 7) is 10.2. The van der Waals surface area contributed by atoms with Gasteiger partial charge >= 0.3 is 0 Å². The van der Waals surface area contributed by atoms with Crippen molar-refractivity contribution in [3.8, 4) is 5.75 Å². The molecule has 1 N–H and O–H groups in total. The Balaban J connectivity index is 1.77. The predicted molar refractivity (Wildman–Crippen MR) is 86.7 cm³/mol. The Morgan fingerprint density at radius 2 is 1.81 bits per heavy atom. The lowest BCUT2D eigenvalue weighted by Crippen LogP contribution is -2.29. The van der Waals surface area contributed by atoms with Crippen molar-refractivity contribution in [2.45, 2.75) is 39.7 Å². The quantitative estimate of drug-likeness (QED) is 0.829. The molecule has 0 radical (unpaired) electrons. The molecule has 0 spiro atoms. The first-order valence-electron chi connectivity index (χ1n) is 8.19. The lowest BCUT2D eigenvalue weighted by molar-refractivity contribution is 0.0656. The largest absolute Gasteiger partial charge is 0.493 e. The van der Waals surface area contributed by atoms with Crippen LogP contribution >= 0.6 is 0 Å². The summed E-state index contributed by atoms with van der Waals surface area (Å²) in [6.07, 6.45) is 2.36. The van der Waals surface area contributed by atoms with Crippen LogP contribution in [-0.4, -0.2) is 26.4 Å². The van der Waals surface area contributed by atoms with E-state index in [4.69, 9.17) is 9.47 Å². The molecule has 1 aromatic rings. The minimum Gasteiger partial charge on any atom is -0.493 e. The smallest absolute Gasteiger partial charge is 0.119 e. The summed E-state index contributed by atoms with van der Waals surface area (Å²) in [5.74, 6) is 2.28. The highest BCUT2D eigenvalue weighted by Gasteiger charge is 2.15. The van der Waals surface area contributed by atoms with Crippen LogP contribution in [0.3, 0.4) is 0 Å². The van der Waals surface area contributed by atoms with Crippen LogP contribution < -0.4 is 10.1 Å². The third-order valence-corrected chi connectivity index (χ3v) is 4.02. The second kappa shape index (κ2) is 8.40. The molecule has 2 rings (SSSR count). The van der Waals surface area contributed by atoms with Crippen LogP contribution in [0.25, 0.3) is 0 Å². The lowest BCUT2D eigenvalue weighted by atomic mass is 9.99. The zero-order valence-corrected chi connectivity index (χ0v) is 13.6. The maximum atomic E-state index is 5.72. The zero-order valence-electron chi connectivity index (χ0n) is 13.6. The Labute approximate surface area is 129 Å². The van der Waals surface area contributed by atoms with Crippen LogP contribution in [0.15, 0.2) is 24.3 Å². The van der Waals surface area contributed by atoms with E-state index in [0.717, 1.165) is 38.0 Å². The first-order valence-corrected chi connectivity index (χ1v) is 8.19. The van der Waals surface area contributed by atoms with Crippen molar-refractivity contribution in [3.63, 3.8) is 0 Å². The average molecular weight is 291 g/mol. The highest BCUT2D eigenvalue weighted by molar-refractivity contribution is 5.28. The molecule has 1 saturated heterocycles. The van der Waals surface area contributed by atoms with Gasteiger partial charge in [-0.3, -0.25) is 0 Å². The van der Waals surface area contributed by atoms with Crippen LogP contribution in [0.2, 0.25) is 0 Å². The Bertz CT molecular complexity index is 396. The Morgan fingerprint density at radius 3 is 2.43 bits per heavy atom. The van der Waals surface area contributed by atoms with Gasteiger partial charge in [0.25, 0.3) is 0 Å². The number of benzene rings is 1. The van der Waals surface area contributed by atoms with Gasteiger partial charge in [0.05, 0.1) is 6.61 Å². The molecule has 0 bridgehead atoms. The molecule has 1 aliphatic heterocycles. The van der Waals surface area contributed by atoms with Gasteiger partial charge in [0, 0.05) is 19.3 Å². The summed E-state index contributed by atoms with van der Waals surface area (Å²) in [5.41, 5.74) is 1.32. The van der Waals surface area contributed by atoms with E-state index in [1.54, 1.807) is 0 Å². The number of nitrogens with one attached hydrogen (secondary N) is 1. The Morgan fingerprint density at radius 1 is 1.14 bits per heavy atom. The molecule has 1 fully saturated rings. The van der Waals surface area contributed by atoms with Gasteiger partial charge in [-0.15, -0.1) is 0 Å². The molecule has 21 heavy (non-hydrogen) atoms. The maximum Gasteiger partial charge on any atom is 0.119 e. The molecule has 0 aliphatic carbocycles. The van der Waals surface area contributed by atoms with E-state index < -0.39 is 0 Å². The van der Waals surface area contributed by atoms with Crippen LogP contribution in [0.1, 0.15) is 45.2 Å². The fraction of sp³-hybridized carbons (Fsp3) is 0.667. The normalized spacial score (nSPS) is 17.9. The van der Waals surface area contributed by atoms with Crippen LogP contribution in [0, 0.1) is 11.8 Å². The van der Waals surface area contributed by atoms with Gasteiger partial charge < -0.3 is 14.8 Å². The minimum absolute atomic E-state index is 0.381. The van der Waals surface area contributed by atoms with Gasteiger partial charge in [-0.1, -0.05) is 26.0 Å². The highest BCUT2D eigenvalue weighted by Crippen LogP contribution is 2.20. The van der Waals surface area contributed by atoms with Gasteiger partial charge in [-0.2, -0.15) is 0 Å². The van der Waals surface area contributed by atoms with E-state index in [0.29, 0.717) is 12.0 Å². The molecule has 0 amide bonds. The summed E-state index contributed by atoms with van der Waals surface area (Å²) >= 11 is 0. The fourth-order valence-electron chi connectivity index (χ4n) is 2.53. The molecular weight excluding hydrogens is 262 g/mol. The molecule has 1 aromatic carbocycles. The molecule has 0 saturated carbocycles. The summed E-state index contributed by atoms with van der Waals surface area (Å²) in [5, 5.41) is 3.64. The van der Waals surface area contributed by atoms with Crippen LogP contribution in [-0.2, 0) is 4.74 Å². The second-order valence-electron chi connectivity index (χ2n) is 6.46. The first-order chi connectivity index (χ1) is 10.1. The molecule has 118 valence electrons. The van der Waals surface area contributed by atoms with E-state index in [2.05, 4.69) is 50.4 Å². The first kappa shape index (κ1) is 16.3. The van der Waals surface area contributed by atoms with Crippen molar-refractivity contribution in [2.24, 2.45) is 11.8 Å². The van der Waals surface area contributed by atoms with Crippen molar-refractivity contribution >= 4 is 0 Å². The van der Waals surface area contributed by atoms with Gasteiger partial charge in [-0.05, 0) is 55.8 Å². The maximum absolute atomic E-state index is 5.72. The molecular formula is C18H29NO2. The third-order valence-electron chi connectivity index (χ3n) is 4.02. The van der Waals surface area contributed by atoms with Crippen molar-refractivity contribution in [3.05, 3.63) is 29.8 Å². The molecule has 0 aromatic heterocycles. The van der Waals surface area contributed by atoms with Gasteiger partial charge in [0.2, 0.25) is 0 Å². The van der Waals surface area contributed by atoms with Crippen molar-refractivity contribution in [1.29, 1.82) is 0 Å². The third kappa shape index (κ3) is 5.68. The molecule has 3 heteroatoms. The lowest BCUT2D eigenvalue weighted by Gasteiger charge is -2.24. The number of hydrogen-bond acceptors (Lipinski definition) is 3. The summed E-state index contributed by atoms with van der Waals surface area (Å²) in [6, 6.07) is 8.86. The number of rotatable bonds is 7. The second-order valence-corrected chi connectivity index (χ2v) is 6.46. The SMILES string of the molecule is CC(C)COc1ccc(C(C)NCC2CCOCC2)cc1. The van der Waals surface area contributed by atoms with E-state index in [9.17, 15) is 0 Å². The van der Waals surface area contributed by atoms with E-state index in [1.807, 2.05) is 0 Å². The zero-order chi connectivity index (χ0) is 15.1. The van der Waals surface area contributed by atoms with Crippen molar-refractivity contribution in [1.82, 2.24) is 5.32 Å². The van der Waals surface area contributed by atoms with Crippen LogP contribution in [0.5, 0.6) is 5.75 Å². The fourth-order valence-corrected chi connectivity index (χ4v) is 2.53. The molecule has 3 nitrogen and oxygen atoms in total. The summed E-state index contributed by atoms with van der Waals surface area (Å²) < 4.78 is 11.1.